The molecule has 11 heteroatoms. The van der Waals surface area contributed by atoms with Gasteiger partial charge in [-0.1, -0.05) is 12.1 Å². The molecule has 0 spiro atoms. The first kappa shape index (κ1) is 24.8. The minimum absolute atomic E-state index is 0.115. The number of nitrogens with one attached hydrogen (secondary N) is 1. The number of benzene rings is 3. The summed E-state index contributed by atoms with van der Waals surface area (Å²) in [5.74, 6) is -0.590. The van der Waals surface area contributed by atoms with Crippen LogP contribution in [0, 0.1) is 0 Å². The maximum Gasteiger partial charge on any atom is 0.416 e. The van der Waals surface area contributed by atoms with Gasteiger partial charge in [-0.05, 0) is 60.7 Å². The third-order valence-corrected chi connectivity index (χ3v) is 5.85. The summed E-state index contributed by atoms with van der Waals surface area (Å²) in [6, 6.07) is 15.7. The first-order valence-electron chi connectivity index (χ1n) is 9.79. The van der Waals surface area contributed by atoms with Gasteiger partial charge in [0.1, 0.15) is 4.90 Å². The summed E-state index contributed by atoms with van der Waals surface area (Å²) >= 11 is 0. The molecule has 0 aromatic heterocycles. The molecule has 0 saturated carbocycles. The van der Waals surface area contributed by atoms with Crippen molar-refractivity contribution in [1.82, 2.24) is 5.43 Å². The van der Waals surface area contributed by atoms with Crippen LogP contribution in [0.15, 0.2) is 82.8 Å². The third-order valence-electron chi connectivity index (χ3n) is 4.60. The Kier molecular flexibility index (Phi) is 7.26. The summed E-state index contributed by atoms with van der Waals surface area (Å²) in [4.78, 5) is 13.7. The number of halogens is 3. The average Bonchev–Trinajstić information content (AvgIpc) is 2.79. The predicted octanol–water partition coefficient (Wildman–Crippen LogP) is 4.30. The van der Waals surface area contributed by atoms with E-state index in [1.165, 1.54) is 24.4 Å². The summed E-state index contributed by atoms with van der Waals surface area (Å²) in [5, 5.41) is 3.84. The molecule has 0 heterocycles. The van der Waals surface area contributed by atoms with Gasteiger partial charge in [0, 0.05) is 30.9 Å². The molecule has 1 N–H and O–H groups in total. The lowest BCUT2D eigenvalue weighted by Gasteiger charge is -2.12. The van der Waals surface area contributed by atoms with Gasteiger partial charge in [-0.15, -0.1) is 0 Å². The van der Waals surface area contributed by atoms with Gasteiger partial charge in [0.25, 0.3) is 5.91 Å². The van der Waals surface area contributed by atoms with E-state index in [-0.39, 0.29) is 11.3 Å². The zero-order valence-electron chi connectivity index (χ0n) is 18.1. The Balaban J connectivity index is 1.72. The molecule has 7 nitrogen and oxygen atoms in total. The van der Waals surface area contributed by atoms with Crippen molar-refractivity contribution in [2.75, 3.05) is 19.0 Å². The highest BCUT2D eigenvalue weighted by Gasteiger charge is 2.31. The van der Waals surface area contributed by atoms with E-state index in [0.29, 0.717) is 17.7 Å². The molecule has 3 rings (SSSR count). The zero-order chi connectivity index (χ0) is 24.9. The Morgan fingerprint density at radius 1 is 0.971 bits per heavy atom. The lowest BCUT2D eigenvalue weighted by atomic mass is 10.2. The first-order chi connectivity index (χ1) is 16.0. The molecule has 0 bridgehead atoms. The van der Waals surface area contributed by atoms with E-state index in [2.05, 4.69) is 10.5 Å². The van der Waals surface area contributed by atoms with Crippen LogP contribution < -0.4 is 14.5 Å². The van der Waals surface area contributed by atoms with Crippen molar-refractivity contribution in [3.8, 4) is 5.75 Å². The molecular formula is C23H20F3N3O4S. The molecule has 0 radical (unpaired) electrons. The first-order valence-corrected chi connectivity index (χ1v) is 11.2. The number of carbonyl (C=O) groups is 1. The number of alkyl halides is 3. The number of amides is 1. The van der Waals surface area contributed by atoms with Crippen LogP contribution in [0.25, 0.3) is 0 Å². The van der Waals surface area contributed by atoms with Crippen molar-refractivity contribution >= 4 is 27.9 Å². The predicted molar refractivity (Wildman–Crippen MR) is 122 cm³/mol. The van der Waals surface area contributed by atoms with Gasteiger partial charge in [0.15, 0.2) is 5.75 Å². The number of anilines is 1. The summed E-state index contributed by atoms with van der Waals surface area (Å²) in [6.45, 7) is 0. The number of rotatable bonds is 7. The SMILES string of the molecule is CN(C)c1ccc(C(=O)N/N=C/c2ccccc2OS(=O)(=O)c2ccc(C(F)(F)F)cc2)cc1. The van der Waals surface area contributed by atoms with Gasteiger partial charge < -0.3 is 9.08 Å². The maximum atomic E-state index is 12.7. The molecule has 0 fully saturated rings. The summed E-state index contributed by atoms with van der Waals surface area (Å²) in [7, 11) is -0.671. The highest BCUT2D eigenvalue weighted by molar-refractivity contribution is 7.87. The quantitative estimate of drug-likeness (QED) is 0.303. The second kappa shape index (κ2) is 9.96. The molecule has 3 aromatic carbocycles. The second-order valence-electron chi connectivity index (χ2n) is 7.24. The van der Waals surface area contributed by atoms with Crippen LogP contribution in [0.4, 0.5) is 18.9 Å². The molecule has 178 valence electrons. The maximum absolute atomic E-state index is 12.7. The molecule has 34 heavy (non-hydrogen) atoms. The number of para-hydroxylation sites is 1. The van der Waals surface area contributed by atoms with E-state index in [1.807, 2.05) is 19.0 Å². The topological polar surface area (TPSA) is 88.1 Å². The standard InChI is InChI=1S/C23H20F3N3O4S/c1-29(2)19-11-7-16(8-12-19)22(30)28-27-15-17-5-3-4-6-21(17)33-34(31,32)20-13-9-18(10-14-20)23(24,25)26/h3-15H,1-2H3,(H,28,30)/b27-15+. The van der Waals surface area contributed by atoms with Crippen LogP contribution in [0.3, 0.4) is 0 Å². The molecule has 0 saturated heterocycles. The molecule has 0 unspecified atom stereocenters. The molecule has 1 amide bonds. The van der Waals surface area contributed by atoms with Crippen molar-refractivity contribution in [2.45, 2.75) is 11.1 Å². The number of carbonyl (C=O) groups excluding carboxylic acids is 1. The Hall–Kier alpha value is -3.86. The molecule has 0 aliphatic rings. The third kappa shape index (κ3) is 6.13. The van der Waals surface area contributed by atoms with Gasteiger partial charge in [0.05, 0.1) is 11.8 Å². The molecule has 0 atom stereocenters. The molecular weight excluding hydrogens is 471 g/mol. The highest BCUT2D eigenvalue weighted by atomic mass is 32.2. The monoisotopic (exact) mass is 491 g/mol. The second-order valence-corrected chi connectivity index (χ2v) is 8.78. The highest BCUT2D eigenvalue weighted by Crippen LogP contribution is 2.30. The van der Waals surface area contributed by atoms with Crippen LogP contribution in [0.2, 0.25) is 0 Å². The van der Waals surface area contributed by atoms with Crippen LogP contribution >= 0.6 is 0 Å². The van der Waals surface area contributed by atoms with E-state index in [0.717, 1.165) is 17.8 Å². The van der Waals surface area contributed by atoms with Crippen molar-refractivity contribution in [3.05, 3.63) is 89.5 Å². The average molecular weight is 491 g/mol. The van der Waals surface area contributed by atoms with Crippen LogP contribution in [-0.4, -0.2) is 34.6 Å². The summed E-state index contributed by atoms with van der Waals surface area (Å²) < 4.78 is 68.3. The molecule has 3 aromatic rings. The van der Waals surface area contributed by atoms with Crippen LogP contribution in [0.5, 0.6) is 5.75 Å². The summed E-state index contributed by atoms with van der Waals surface area (Å²) in [5.41, 5.74) is 2.88. The number of hydrogen-bond donors (Lipinski definition) is 1. The minimum atomic E-state index is -4.59. The normalized spacial score (nSPS) is 11.9. The Morgan fingerprint density at radius 2 is 1.59 bits per heavy atom. The van der Waals surface area contributed by atoms with Crippen LogP contribution in [-0.2, 0) is 16.3 Å². The van der Waals surface area contributed by atoms with E-state index in [9.17, 15) is 26.4 Å². The van der Waals surface area contributed by atoms with E-state index in [4.69, 9.17) is 4.18 Å². The summed E-state index contributed by atoms with van der Waals surface area (Å²) in [6.07, 6.45) is -3.39. The fourth-order valence-corrected chi connectivity index (χ4v) is 3.73. The lowest BCUT2D eigenvalue weighted by Crippen LogP contribution is -2.18. The van der Waals surface area contributed by atoms with Crippen molar-refractivity contribution in [3.63, 3.8) is 0 Å². The Morgan fingerprint density at radius 3 is 2.18 bits per heavy atom. The van der Waals surface area contributed by atoms with E-state index in [1.54, 1.807) is 30.3 Å². The fraction of sp³-hybridized carbons (Fsp3) is 0.130. The van der Waals surface area contributed by atoms with Gasteiger partial charge in [-0.3, -0.25) is 4.79 Å². The lowest BCUT2D eigenvalue weighted by molar-refractivity contribution is -0.137. The van der Waals surface area contributed by atoms with Gasteiger partial charge in [-0.25, -0.2) is 5.43 Å². The zero-order valence-corrected chi connectivity index (χ0v) is 18.9. The van der Waals surface area contributed by atoms with Crippen molar-refractivity contribution in [1.29, 1.82) is 0 Å². The van der Waals surface area contributed by atoms with E-state index >= 15 is 0 Å². The van der Waals surface area contributed by atoms with Crippen molar-refractivity contribution in [2.24, 2.45) is 5.10 Å². The fourth-order valence-electron chi connectivity index (χ4n) is 2.78. The molecule has 0 aliphatic heterocycles. The minimum Gasteiger partial charge on any atom is -0.378 e. The number of hydrazone groups is 1. The smallest absolute Gasteiger partial charge is 0.378 e. The number of nitrogens with zero attached hydrogens (tertiary/aromatic N) is 2. The largest absolute Gasteiger partial charge is 0.416 e. The van der Waals surface area contributed by atoms with Gasteiger partial charge in [-0.2, -0.15) is 26.7 Å². The number of hydrogen-bond acceptors (Lipinski definition) is 6. The Bertz CT molecular complexity index is 1290. The van der Waals surface area contributed by atoms with Crippen molar-refractivity contribution < 1.29 is 30.6 Å². The molecule has 0 aliphatic carbocycles. The van der Waals surface area contributed by atoms with Gasteiger partial charge in [0.2, 0.25) is 0 Å². The van der Waals surface area contributed by atoms with Gasteiger partial charge >= 0.3 is 16.3 Å². The van der Waals surface area contributed by atoms with E-state index < -0.39 is 32.7 Å². The van der Waals surface area contributed by atoms with Crippen LogP contribution in [0.1, 0.15) is 21.5 Å². The Labute approximate surface area is 194 Å².